The van der Waals surface area contributed by atoms with Crippen LogP contribution in [0.3, 0.4) is 0 Å². The normalized spacial score (nSPS) is 15.8. The first-order valence-electron chi connectivity index (χ1n) is 4.92. The lowest BCUT2D eigenvalue weighted by Gasteiger charge is -2.05. The number of carbonyl (C=O) groups excluding carboxylic acids is 2. The highest BCUT2D eigenvalue weighted by molar-refractivity contribution is 6.48. The number of allylic oxidation sites excluding steroid dienone is 2. The third kappa shape index (κ3) is 2.14. The van der Waals surface area contributed by atoms with Gasteiger partial charge in [0.25, 0.3) is 0 Å². The van der Waals surface area contributed by atoms with Gasteiger partial charge in [-0.2, -0.15) is 0 Å². The molecule has 82 valence electrons. The summed E-state index contributed by atoms with van der Waals surface area (Å²) in [6, 6.07) is 9.61. The highest BCUT2D eigenvalue weighted by atomic mass is 35.5. The van der Waals surface area contributed by atoms with Crippen LogP contribution in [0.2, 0.25) is 0 Å². The molecule has 16 heavy (non-hydrogen) atoms. The van der Waals surface area contributed by atoms with Gasteiger partial charge in [-0.25, -0.2) is 0 Å². The van der Waals surface area contributed by atoms with E-state index in [9.17, 15) is 9.59 Å². The molecule has 1 aromatic carbocycles. The second kappa shape index (κ2) is 4.49. The topological polar surface area (TPSA) is 46.2 Å². The van der Waals surface area contributed by atoms with Gasteiger partial charge in [0.15, 0.2) is 11.6 Å². The minimum atomic E-state index is -0.303. The molecule has 0 unspecified atom stereocenters. The Labute approximate surface area is 98.1 Å². The van der Waals surface area contributed by atoms with Crippen molar-refractivity contribution in [1.29, 1.82) is 0 Å². The van der Waals surface area contributed by atoms with Crippen LogP contribution >= 0.6 is 11.6 Å². The van der Waals surface area contributed by atoms with E-state index in [1.54, 1.807) is 0 Å². The summed E-state index contributed by atoms with van der Waals surface area (Å²) in [6.07, 6.45) is -0.115. The van der Waals surface area contributed by atoms with E-state index in [4.69, 9.17) is 11.6 Å². The summed E-state index contributed by atoms with van der Waals surface area (Å²) >= 11 is 5.74. The molecule has 0 fully saturated rings. The molecule has 4 heteroatoms. The third-order valence-electron chi connectivity index (χ3n) is 2.38. The lowest BCUT2D eigenvalue weighted by atomic mass is 10.2. The minimum Gasteiger partial charge on any atom is -0.377 e. The van der Waals surface area contributed by atoms with Gasteiger partial charge in [0.2, 0.25) is 0 Å². The van der Waals surface area contributed by atoms with Crippen LogP contribution in [-0.4, -0.2) is 11.6 Å². The molecule has 0 bridgehead atoms. The van der Waals surface area contributed by atoms with Gasteiger partial charge in [-0.1, -0.05) is 41.9 Å². The molecule has 2 rings (SSSR count). The Morgan fingerprint density at radius 2 is 1.81 bits per heavy atom. The van der Waals surface area contributed by atoms with E-state index in [0.717, 1.165) is 5.56 Å². The van der Waals surface area contributed by atoms with Crippen LogP contribution in [0.25, 0.3) is 0 Å². The van der Waals surface area contributed by atoms with Crippen molar-refractivity contribution < 1.29 is 9.59 Å². The van der Waals surface area contributed by atoms with Crippen LogP contribution in [0.1, 0.15) is 12.0 Å². The Balaban J connectivity index is 2.06. The van der Waals surface area contributed by atoms with E-state index < -0.39 is 0 Å². The predicted molar refractivity (Wildman–Crippen MR) is 60.8 cm³/mol. The average Bonchev–Trinajstić information content (AvgIpc) is 2.53. The fourth-order valence-corrected chi connectivity index (χ4v) is 1.78. The molecule has 1 N–H and O–H groups in total. The molecule has 0 amide bonds. The Hall–Kier alpha value is -1.61. The first-order valence-corrected chi connectivity index (χ1v) is 5.30. The fourth-order valence-electron chi connectivity index (χ4n) is 1.54. The van der Waals surface area contributed by atoms with Gasteiger partial charge in [0.1, 0.15) is 10.7 Å². The SMILES string of the molecule is O=C1CC(=O)C(NCc2ccccc2)=C1Cl. The van der Waals surface area contributed by atoms with Crippen LogP contribution in [0.5, 0.6) is 0 Å². The van der Waals surface area contributed by atoms with Crippen molar-refractivity contribution in [3.63, 3.8) is 0 Å². The van der Waals surface area contributed by atoms with Crippen molar-refractivity contribution in [2.75, 3.05) is 0 Å². The number of hydrogen-bond donors (Lipinski definition) is 1. The van der Waals surface area contributed by atoms with Gasteiger partial charge in [0, 0.05) is 6.54 Å². The fraction of sp³-hybridized carbons (Fsp3) is 0.167. The van der Waals surface area contributed by atoms with Gasteiger partial charge in [0.05, 0.1) is 6.42 Å². The highest BCUT2D eigenvalue weighted by Crippen LogP contribution is 2.21. The van der Waals surface area contributed by atoms with E-state index in [2.05, 4.69) is 5.32 Å². The molecule has 1 aliphatic carbocycles. The van der Waals surface area contributed by atoms with E-state index in [1.165, 1.54) is 0 Å². The molecule has 1 aliphatic rings. The standard InChI is InChI=1S/C12H10ClNO2/c13-11-9(15)6-10(16)12(11)14-7-8-4-2-1-3-5-8/h1-5,14H,6-7H2. The molecular weight excluding hydrogens is 226 g/mol. The Kier molecular flexibility index (Phi) is 3.06. The van der Waals surface area contributed by atoms with Crippen molar-refractivity contribution >= 4 is 23.2 Å². The first-order chi connectivity index (χ1) is 7.68. The predicted octanol–water partition coefficient (Wildman–Crippen LogP) is 1.77. The molecule has 0 saturated heterocycles. The Bertz CT molecular complexity index is 465. The van der Waals surface area contributed by atoms with Crippen LogP contribution in [-0.2, 0) is 16.1 Å². The van der Waals surface area contributed by atoms with Crippen LogP contribution < -0.4 is 5.32 Å². The maximum Gasteiger partial charge on any atom is 0.188 e. The number of ketones is 2. The summed E-state index contributed by atoms with van der Waals surface area (Å²) in [4.78, 5) is 22.5. The van der Waals surface area contributed by atoms with Gasteiger partial charge in [-0.05, 0) is 5.56 Å². The number of benzene rings is 1. The second-order valence-corrected chi connectivity index (χ2v) is 3.93. The molecule has 0 saturated carbocycles. The quantitative estimate of drug-likeness (QED) is 0.813. The number of Topliss-reactive ketones (excluding diaryl/α,β-unsaturated/α-hetero) is 2. The third-order valence-corrected chi connectivity index (χ3v) is 2.78. The van der Waals surface area contributed by atoms with Crippen molar-refractivity contribution in [1.82, 2.24) is 5.32 Å². The Morgan fingerprint density at radius 1 is 1.12 bits per heavy atom. The zero-order valence-electron chi connectivity index (χ0n) is 8.50. The highest BCUT2D eigenvalue weighted by Gasteiger charge is 2.29. The largest absolute Gasteiger partial charge is 0.377 e. The summed E-state index contributed by atoms with van der Waals surface area (Å²) in [5, 5.41) is 2.93. The molecule has 3 nitrogen and oxygen atoms in total. The number of halogens is 1. The summed E-state index contributed by atoms with van der Waals surface area (Å²) in [5.74, 6) is -0.534. The smallest absolute Gasteiger partial charge is 0.188 e. The van der Waals surface area contributed by atoms with Crippen molar-refractivity contribution in [3.8, 4) is 0 Å². The number of carbonyl (C=O) groups is 2. The zero-order valence-corrected chi connectivity index (χ0v) is 9.25. The lowest BCUT2D eigenvalue weighted by molar-refractivity contribution is -0.120. The second-order valence-electron chi connectivity index (χ2n) is 3.55. The summed E-state index contributed by atoms with van der Waals surface area (Å²) in [6.45, 7) is 0.491. The molecule has 0 radical (unpaired) electrons. The summed E-state index contributed by atoms with van der Waals surface area (Å²) in [5.41, 5.74) is 1.28. The molecule has 0 spiro atoms. The van der Waals surface area contributed by atoms with Gasteiger partial charge < -0.3 is 5.32 Å². The number of nitrogens with one attached hydrogen (secondary N) is 1. The molecule has 0 aromatic heterocycles. The first kappa shape index (κ1) is 10.9. The summed E-state index contributed by atoms with van der Waals surface area (Å²) < 4.78 is 0. The number of rotatable bonds is 3. The van der Waals surface area contributed by atoms with Crippen molar-refractivity contribution in [3.05, 3.63) is 46.6 Å². The lowest BCUT2D eigenvalue weighted by Crippen LogP contribution is -2.17. The van der Waals surface area contributed by atoms with E-state index in [1.807, 2.05) is 30.3 Å². The maximum absolute atomic E-state index is 11.4. The summed E-state index contributed by atoms with van der Waals surface area (Å²) in [7, 11) is 0. The van der Waals surface area contributed by atoms with Crippen LogP contribution in [0.4, 0.5) is 0 Å². The van der Waals surface area contributed by atoms with Crippen LogP contribution in [0.15, 0.2) is 41.1 Å². The van der Waals surface area contributed by atoms with Gasteiger partial charge >= 0.3 is 0 Å². The van der Waals surface area contributed by atoms with E-state index >= 15 is 0 Å². The molecule has 0 aliphatic heterocycles. The molecule has 0 atom stereocenters. The van der Waals surface area contributed by atoms with E-state index in [0.29, 0.717) is 6.54 Å². The average molecular weight is 236 g/mol. The zero-order chi connectivity index (χ0) is 11.5. The van der Waals surface area contributed by atoms with Gasteiger partial charge in [-0.3, -0.25) is 9.59 Å². The molecular formula is C12H10ClNO2. The minimum absolute atomic E-state index is 0.0286. The monoisotopic (exact) mass is 235 g/mol. The Morgan fingerprint density at radius 3 is 2.38 bits per heavy atom. The van der Waals surface area contributed by atoms with Crippen LogP contribution in [0, 0.1) is 0 Å². The van der Waals surface area contributed by atoms with Crippen molar-refractivity contribution in [2.45, 2.75) is 13.0 Å². The van der Waals surface area contributed by atoms with Crippen molar-refractivity contribution in [2.24, 2.45) is 0 Å². The molecule has 1 aromatic rings. The van der Waals surface area contributed by atoms with E-state index in [-0.39, 0.29) is 28.7 Å². The number of hydrogen-bond acceptors (Lipinski definition) is 3. The van der Waals surface area contributed by atoms with Gasteiger partial charge in [-0.15, -0.1) is 0 Å². The molecule has 0 heterocycles. The maximum atomic E-state index is 11.4.